The average molecular weight is 573 g/mol. The summed E-state index contributed by atoms with van der Waals surface area (Å²) in [6.45, 7) is 11.2. The van der Waals surface area contributed by atoms with Crippen LogP contribution >= 0.6 is 11.3 Å². The third-order valence-corrected chi connectivity index (χ3v) is 10.3. The van der Waals surface area contributed by atoms with E-state index in [2.05, 4.69) is 25.7 Å². The van der Waals surface area contributed by atoms with Crippen molar-refractivity contribution in [3.63, 3.8) is 0 Å². The molecule has 2 aromatic carbocycles. The molecule has 1 saturated heterocycles. The molecule has 1 amide bonds. The number of sulfonamides is 1. The summed E-state index contributed by atoms with van der Waals surface area (Å²) in [7, 11) is -3.60. The first kappa shape index (κ1) is 27.8. The molecule has 0 radical (unpaired) electrons. The third kappa shape index (κ3) is 5.91. The Kier molecular flexibility index (Phi) is 8.41. The summed E-state index contributed by atoms with van der Waals surface area (Å²) in [6.07, 6.45) is 1.90. The SMILES string of the molecule is CCN(CC)CCN(C(=O)c1ccc(S(=O)(=O)N2CCCC(C)C2)cc1)c1nc2cc3c(cc2s1)OCCO3. The van der Waals surface area contributed by atoms with E-state index in [-0.39, 0.29) is 10.8 Å². The van der Waals surface area contributed by atoms with Crippen LogP contribution in [0.4, 0.5) is 5.13 Å². The number of carbonyl (C=O) groups is 1. The Balaban J connectivity index is 1.43. The minimum Gasteiger partial charge on any atom is -0.486 e. The van der Waals surface area contributed by atoms with Crippen molar-refractivity contribution in [3.05, 3.63) is 42.0 Å². The van der Waals surface area contributed by atoms with Crippen LogP contribution in [0.2, 0.25) is 0 Å². The Morgan fingerprint density at radius 1 is 1.08 bits per heavy atom. The van der Waals surface area contributed by atoms with Crippen LogP contribution in [0.5, 0.6) is 11.5 Å². The molecule has 39 heavy (non-hydrogen) atoms. The zero-order valence-electron chi connectivity index (χ0n) is 22.8. The smallest absolute Gasteiger partial charge is 0.260 e. The lowest BCUT2D eigenvalue weighted by Gasteiger charge is -2.30. The van der Waals surface area contributed by atoms with Crippen LogP contribution in [0, 0.1) is 5.92 Å². The van der Waals surface area contributed by atoms with Crippen molar-refractivity contribution in [1.82, 2.24) is 14.2 Å². The van der Waals surface area contributed by atoms with Gasteiger partial charge in [-0.1, -0.05) is 32.1 Å². The number of hydrogen-bond acceptors (Lipinski definition) is 8. The summed E-state index contributed by atoms with van der Waals surface area (Å²) in [4.78, 5) is 22.8. The maximum atomic E-state index is 13.8. The molecule has 2 aliphatic rings. The van der Waals surface area contributed by atoms with Crippen molar-refractivity contribution in [3.8, 4) is 11.5 Å². The van der Waals surface area contributed by atoms with E-state index in [1.807, 2.05) is 12.1 Å². The van der Waals surface area contributed by atoms with Crippen LogP contribution in [-0.2, 0) is 10.0 Å². The van der Waals surface area contributed by atoms with E-state index >= 15 is 0 Å². The van der Waals surface area contributed by atoms with E-state index in [0.29, 0.717) is 67.5 Å². The fourth-order valence-electron chi connectivity index (χ4n) is 5.07. The molecule has 0 spiro atoms. The summed E-state index contributed by atoms with van der Waals surface area (Å²) >= 11 is 1.43. The topological polar surface area (TPSA) is 92.3 Å². The second kappa shape index (κ2) is 11.8. The molecule has 210 valence electrons. The maximum absolute atomic E-state index is 13.8. The zero-order valence-corrected chi connectivity index (χ0v) is 24.4. The van der Waals surface area contributed by atoms with Crippen LogP contribution < -0.4 is 14.4 Å². The van der Waals surface area contributed by atoms with E-state index in [9.17, 15) is 13.2 Å². The van der Waals surface area contributed by atoms with E-state index < -0.39 is 10.0 Å². The maximum Gasteiger partial charge on any atom is 0.260 e. The number of thiazole rings is 1. The Bertz CT molecular complexity index is 1380. The fourth-order valence-corrected chi connectivity index (χ4v) is 7.67. The van der Waals surface area contributed by atoms with Crippen molar-refractivity contribution in [2.45, 2.75) is 38.5 Å². The van der Waals surface area contributed by atoms with Crippen molar-refractivity contribution < 1.29 is 22.7 Å². The van der Waals surface area contributed by atoms with Crippen LogP contribution in [0.1, 0.15) is 44.0 Å². The van der Waals surface area contributed by atoms with Gasteiger partial charge in [0.05, 0.1) is 15.1 Å². The molecule has 9 nitrogen and oxygen atoms in total. The highest BCUT2D eigenvalue weighted by atomic mass is 32.2. The standard InChI is InChI=1S/C28H36N4O5S2/c1-4-30(5-2)13-14-32(28-29-23-17-24-25(18-26(23)38-28)37-16-15-36-24)27(33)21-8-10-22(11-9-21)39(34,35)31-12-6-7-20(3)19-31/h8-11,17-18,20H,4-7,12-16,19H2,1-3H3. The first-order chi connectivity index (χ1) is 18.8. The summed E-state index contributed by atoms with van der Waals surface area (Å²) in [5.74, 6) is 1.47. The third-order valence-electron chi connectivity index (χ3n) is 7.41. The number of piperidine rings is 1. The van der Waals surface area contributed by atoms with Gasteiger partial charge in [-0.15, -0.1) is 0 Å². The molecular weight excluding hydrogens is 536 g/mol. The number of anilines is 1. The van der Waals surface area contributed by atoms with E-state index in [4.69, 9.17) is 14.5 Å². The number of amides is 1. The largest absolute Gasteiger partial charge is 0.486 e. The molecule has 11 heteroatoms. The molecule has 1 aromatic heterocycles. The molecule has 1 fully saturated rings. The van der Waals surface area contributed by atoms with Crippen molar-refractivity contribution in [2.75, 3.05) is 57.4 Å². The van der Waals surface area contributed by atoms with Gasteiger partial charge in [-0.3, -0.25) is 9.69 Å². The normalized spacial score (nSPS) is 18.0. The lowest BCUT2D eigenvalue weighted by atomic mass is 10.0. The molecule has 1 atom stereocenters. The summed E-state index contributed by atoms with van der Waals surface area (Å²) in [5, 5.41) is 0.587. The molecule has 3 aromatic rings. The first-order valence-corrected chi connectivity index (χ1v) is 15.9. The highest BCUT2D eigenvalue weighted by Crippen LogP contribution is 2.39. The lowest BCUT2D eigenvalue weighted by molar-refractivity contribution is 0.0983. The number of benzene rings is 2. The second-order valence-electron chi connectivity index (χ2n) is 10.1. The van der Waals surface area contributed by atoms with Crippen LogP contribution in [0.15, 0.2) is 41.3 Å². The number of carbonyl (C=O) groups excluding carboxylic acids is 1. The molecule has 5 rings (SSSR count). The number of likely N-dealkylation sites (N-methyl/N-ethyl adjacent to an activating group) is 1. The van der Waals surface area contributed by atoms with E-state index in [1.165, 1.54) is 11.3 Å². The van der Waals surface area contributed by atoms with Gasteiger partial charge in [0.1, 0.15) is 13.2 Å². The zero-order chi connectivity index (χ0) is 27.6. The molecular formula is C28H36N4O5S2. The first-order valence-electron chi connectivity index (χ1n) is 13.6. The van der Waals surface area contributed by atoms with Crippen molar-refractivity contribution >= 4 is 42.6 Å². The van der Waals surface area contributed by atoms with Gasteiger partial charge in [0.2, 0.25) is 10.0 Å². The van der Waals surface area contributed by atoms with Crippen molar-refractivity contribution in [2.24, 2.45) is 5.92 Å². The number of hydrogen-bond donors (Lipinski definition) is 0. The molecule has 0 bridgehead atoms. The Morgan fingerprint density at radius 2 is 1.77 bits per heavy atom. The molecule has 0 aliphatic carbocycles. The number of ether oxygens (including phenoxy) is 2. The Morgan fingerprint density at radius 3 is 2.44 bits per heavy atom. The van der Waals surface area contributed by atoms with Gasteiger partial charge in [0.25, 0.3) is 5.91 Å². The summed E-state index contributed by atoms with van der Waals surface area (Å²) in [6, 6.07) is 10.1. The highest BCUT2D eigenvalue weighted by Gasteiger charge is 2.29. The number of nitrogens with zero attached hydrogens (tertiary/aromatic N) is 4. The van der Waals surface area contributed by atoms with Crippen LogP contribution in [0.25, 0.3) is 10.2 Å². The number of aromatic nitrogens is 1. The lowest BCUT2D eigenvalue weighted by Crippen LogP contribution is -2.39. The Labute approximate surface area is 234 Å². The van der Waals surface area contributed by atoms with Gasteiger partial charge in [0.15, 0.2) is 16.6 Å². The van der Waals surface area contributed by atoms with Gasteiger partial charge in [-0.2, -0.15) is 4.31 Å². The fraction of sp³-hybridized carbons (Fsp3) is 0.500. The molecule has 0 saturated carbocycles. The second-order valence-corrected chi connectivity index (χ2v) is 13.0. The molecule has 3 heterocycles. The van der Waals surface area contributed by atoms with Gasteiger partial charge in [0, 0.05) is 43.9 Å². The minimum atomic E-state index is -3.60. The predicted octanol–water partition coefficient (Wildman–Crippen LogP) is 4.48. The molecule has 1 unspecified atom stereocenters. The van der Waals surface area contributed by atoms with Gasteiger partial charge < -0.3 is 14.4 Å². The summed E-state index contributed by atoms with van der Waals surface area (Å²) in [5.41, 5.74) is 1.17. The van der Waals surface area contributed by atoms with Gasteiger partial charge in [-0.25, -0.2) is 13.4 Å². The van der Waals surface area contributed by atoms with Crippen molar-refractivity contribution in [1.29, 1.82) is 0 Å². The monoisotopic (exact) mass is 572 g/mol. The van der Waals surface area contributed by atoms with Gasteiger partial charge >= 0.3 is 0 Å². The van der Waals surface area contributed by atoms with E-state index in [1.54, 1.807) is 33.5 Å². The molecule has 2 aliphatic heterocycles. The van der Waals surface area contributed by atoms with Crippen LogP contribution in [-0.4, -0.2) is 81.0 Å². The van der Waals surface area contributed by atoms with E-state index in [0.717, 1.165) is 36.1 Å². The molecule has 0 N–H and O–H groups in total. The Hall–Kier alpha value is -2.73. The average Bonchev–Trinajstić information content (AvgIpc) is 3.36. The number of fused-ring (bicyclic) bond motifs is 2. The quantitative estimate of drug-likeness (QED) is 0.373. The summed E-state index contributed by atoms with van der Waals surface area (Å²) < 4.78 is 40.3. The predicted molar refractivity (Wildman–Crippen MR) is 154 cm³/mol. The minimum absolute atomic E-state index is 0.214. The van der Waals surface area contributed by atoms with Crippen LogP contribution in [0.3, 0.4) is 0 Å². The highest BCUT2D eigenvalue weighted by molar-refractivity contribution is 7.89. The van der Waals surface area contributed by atoms with Gasteiger partial charge in [-0.05, 0) is 56.1 Å². The number of rotatable bonds is 9.